The van der Waals surface area contributed by atoms with Crippen molar-refractivity contribution in [2.45, 2.75) is 19.4 Å². The topological polar surface area (TPSA) is 12.0 Å². The van der Waals surface area contributed by atoms with Crippen LogP contribution in [0.25, 0.3) is 0 Å². The molecule has 2 rings (SSSR count). The van der Waals surface area contributed by atoms with Gasteiger partial charge in [0.25, 0.3) is 0 Å². The minimum Gasteiger partial charge on any atom is -0.380 e. The molecule has 0 saturated carbocycles. The van der Waals surface area contributed by atoms with Crippen LogP contribution in [0.15, 0.2) is 36.4 Å². The number of hydrogen-bond donors (Lipinski definition) is 1. The molecular formula is C15H13F4N. The van der Waals surface area contributed by atoms with Crippen molar-refractivity contribution in [3.63, 3.8) is 0 Å². The Kier molecular flexibility index (Phi) is 4.27. The first-order chi connectivity index (χ1) is 9.47. The molecule has 0 aliphatic rings. The summed E-state index contributed by atoms with van der Waals surface area (Å²) in [6.45, 7) is 1.77. The van der Waals surface area contributed by atoms with E-state index >= 15 is 0 Å². The van der Waals surface area contributed by atoms with E-state index in [1.54, 1.807) is 19.1 Å². The average Bonchev–Trinajstić information content (AvgIpc) is 2.42. The molecular weight excluding hydrogens is 270 g/mol. The zero-order chi connectivity index (χ0) is 14.7. The van der Waals surface area contributed by atoms with E-state index in [0.29, 0.717) is 6.42 Å². The lowest BCUT2D eigenvalue weighted by Gasteiger charge is -2.16. The summed E-state index contributed by atoms with van der Waals surface area (Å²) in [5.41, 5.74) is 0.757. The third-order valence-corrected chi connectivity index (χ3v) is 2.89. The van der Waals surface area contributed by atoms with Crippen molar-refractivity contribution in [2.75, 3.05) is 5.32 Å². The van der Waals surface area contributed by atoms with E-state index in [-0.39, 0.29) is 17.5 Å². The first-order valence-electron chi connectivity index (χ1n) is 6.12. The van der Waals surface area contributed by atoms with Gasteiger partial charge >= 0.3 is 0 Å². The Morgan fingerprint density at radius 1 is 0.900 bits per heavy atom. The van der Waals surface area contributed by atoms with E-state index in [4.69, 9.17) is 0 Å². The SMILES string of the molecule is CC(Cc1ccc(F)cc1)Nc1ccc(F)c(F)c1F. The Hall–Kier alpha value is -2.04. The van der Waals surface area contributed by atoms with Gasteiger partial charge in [0.2, 0.25) is 0 Å². The predicted octanol–water partition coefficient (Wildman–Crippen LogP) is 4.29. The van der Waals surface area contributed by atoms with Gasteiger partial charge in [0, 0.05) is 6.04 Å². The second kappa shape index (κ2) is 5.94. The fourth-order valence-electron chi connectivity index (χ4n) is 1.93. The van der Waals surface area contributed by atoms with Crippen molar-refractivity contribution in [2.24, 2.45) is 0 Å². The van der Waals surface area contributed by atoms with Crippen LogP contribution in [-0.4, -0.2) is 6.04 Å². The number of rotatable bonds is 4. The zero-order valence-corrected chi connectivity index (χ0v) is 10.8. The number of benzene rings is 2. The van der Waals surface area contributed by atoms with Crippen LogP contribution in [0.3, 0.4) is 0 Å². The van der Waals surface area contributed by atoms with Gasteiger partial charge in [-0.05, 0) is 43.2 Å². The smallest absolute Gasteiger partial charge is 0.196 e. The summed E-state index contributed by atoms with van der Waals surface area (Å²) in [6, 6.07) is 7.70. The van der Waals surface area contributed by atoms with Crippen LogP contribution in [0.4, 0.5) is 23.2 Å². The highest BCUT2D eigenvalue weighted by atomic mass is 19.2. The Bertz CT molecular complexity index is 596. The molecule has 2 aromatic rings. The largest absolute Gasteiger partial charge is 0.380 e. The van der Waals surface area contributed by atoms with Crippen LogP contribution in [0.1, 0.15) is 12.5 Å². The quantitative estimate of drug-likeness (QED) is 0.652. The molecule has 2 aromatic carbocycles. The Balaban J connectivity index is 2.06. The predicted molar refractivity (Wildman–Crippen MR) is 69.5 cm³/mol. The second-order valence-electron chi connectivity index (χ2n) is 4.60. The summed E-state index contributed by atoms with van der Waals surface area (Å²) in [5, 5.41) is 2.77. The summed E-state index contributed by atoms with van der Waals surface area (Å²) in [5.74, 6) is -4.29. The van der Waals surface area contributed by atoms with Crippen molar-refractivity contribution in [1.82, 2.24) is 0 Å². The molecule has 0 spiro atoms. The van der Waals surface area contributed by atoms with Crippen LogP contribution in [0, 0.1) is 23.3 Å². The average molecular weight is 283 g/mol. The second-order valence-corrected chi connectivity index (χ2v) is 4.60. The van der Waals surface area contributed by atoms with Crippen LogP contribution < -0.4 is 5.32 Å². The summed E-state index contributed by atoms with van der Waals surface area (Å²) < 4.78 is 52.1. The maximum Gasteiger partial charge on any atom is 0.196 e. The lowest BCUT2D eigenvalue weighted by atomic mass is 10.1. The highest BCUT2D eigenvalue weighted by molar-refractivity contribution is 5.46. The third-order valence-electron chi connectivity index (χ3n) is 2.89. The molecule has 0 saturated heterocycles. The molecule has 0 aliphatic carbocycles. The van der Waals surface area contributed by atoms with Gasteiger partial charge in [-0.25, -0.2) is 17.6 Å². The van der Waals surface area contributed by atoms with Gasteiger partial charge in [0.05, 0.1) is 5.69 Å². The molecule has 1 atom stereocenters. The van der Waals surface area contributed by atoms with Crippen LogP contribution in [-0.2, 0) is 6.42 Å². The van der Waals surface area contributed by atoms with Gasteiger partial charge in [0.1, 0.15) is 5.82 Å². The normalized spacial score (nSPS) is 12.2. The van der Waals surface area contributed by atoms with Gasteiger partial charge < -0.3 is 5.32 Å². The lowest BCUT2D eigenvalue weighted by Crippen LogP contribution is -2.19. The number of nitrogens with one attached hydrogen (secondary N) is 1. The van der Waals surface area contributed by atoms with Crippen LogP contribution in [0.2, 0.25) is 0 Å². The molecule has 20 heavy (non-hydrogen) atoms. The molecule has 1 N–H and O–H groups in total. The van der Waals surface area contributed by atoms with Crippen molar-refractivity contribution in [3.05, 3.63) is 65.2 Å². The maximum atomic E-state index is 13.5. The van der Waals surface area contributed by atoms with E-state index < -0.39 is 17.5 Å². The molecule has 0 bridgehead atoms. The van der Waals surface area contributed by atoms with Gasteiger partial charge in [0.15, 0.2) is 17.5 Å². The van der Waals surface area contributed by atoms with E-state index in [1.807, 2.05) is 0 Å². The molecule has 0 amide bonds. The molecule has 0 fully saturated rings. The summed E-state index contributed by atoms with van der Waals surface area (Å²) in [7, 11) is 0. The number of anilines is 1. The standard InChI is InChI=1S/C15H13F4N/c1-9(8-10-2-4-11(16)5-3-10)20-13-7-6-12(17)14(18)15(13)19/h2-7,9,20H,8H2,1H3. The molecule has 5 heteroatoms. The highest BCUT2D eigenvalue weighted by Crippen LogP contribution is 2.21. The minimum absolute atomic E-state index is 0.0986. The highest BCUT2D eigenvalue weighted by Gasteiger charge is 2.14. The molecule has 0 aromatic heterocycles. The van der Waals surface area contributed by atoms with E-state index in [1.165, 1.54) is 12.1 Å². The lowest BCUT2D eigenvalue weighted by molar-refractivity contribution is 0.448. The molecule has 0 aliphatic heterocycles. The Morgan fingerprint density at radius 3 is 2.20 bits per heavy atom. The monoisotopic (exact) mass is 283 g/mol. The van der Waals surface area contributed by atoms with Crippen molar-refractivity contribution < 1.29 is 17.6 Å². The molecule has 1 unspecified atom stereocenters. The van der Waals surface area contributed by atoms with Gasteiger partial charge in [-0.1, -0.05) is 12.1 Å². The van der Waals surface area contributed by atoms with Crippen molar-refractivity contribution in [1.29, 1.82) is 0 Å². The Morgan fingerprint density at radius 2 is 1.55 bits per heavy atom. The first-order valence-corrected chi connectivity index (χ1v) is 6.12. The fourth-order valence-corrected chi connectivity index (χ4v) is 1.93. The molecule has 0 radical (unpaired) electrons. The van der Waals surface area contributed by atoms with Crippen LogP contribution in [0.5, 0.6) is 0 Å². The summed E-state index contributed by atoms with van der Waals surface area (Å²) in [6.07, 6.45) is 0.499. The van der Waals surface area contributed by atoms with Gasteiger partial charge in [-0.15, -0.1) is 0 Å². The van der Waals surface area contributed by atoms with Gasteiger partial charge in [-0.2, -0.15) is 0 Å². The van der Waals surface area contributed by atoms with E-state index in [9.17, 15) is 17.6 Å². The van der Waals surface area contributed by atoms with E-state index in [2.05, 4.69) is 5.32 Å². The zero-order valence-electron chi connectivity index (χ0n) is 10.8. The first kappa shape index (κ1) is 14.4. The maximum absolute atomic E-state index is 13.5. The third kappa shape index (κ3) is 3.29. The fraction of sp³-hybridized carbons (Fsp3) is 0.200. The van der Waals surface area contributed by atoms with Gasteiger partial charge in [-0.3, -0.25) is 0 Å². The Labute approximate surface area is 114 Å². The van der Waals surface area contributed by atoms with Crippen molar-refractivity contribution >= 4 is 5.69 Å². The molecule has 1 nitrogen and oxygen atoms in total. The number of hydrogen-bond acceptors (Lipinski definition) is 1. The summed E-state index contributed by atoms with van der Waals surface area (Å²) in [4.78, 5) is 0. The molecule has 106 valence electrons. The van der Waals surface area contributed by atoms with Crippen LogP contribution >= 0.6 is 0 Å². The van der Waals surface area contributed by atoms with Crippen molar-refractivity contribution in [3.8, 4) is 0 Å². The minimum atomic E-state index is -1.50. The number of halogens is 4. The summed E-state index contributed by atoms with van der Waals surface area (Å²) >= 11 is 0. The molecule has 0 heterocycles. The van der Waals surface area contributed by atoms with E-state index in [0.717, 1.165) is 17.7 Å².